The third-order valence-electron chi connectivity index (χ3n) is 6.13. The van der Waals surface area contributed by atoms with E-state index in [1.54, 1.807) is 12.1 Å². The van der Waals surface area contributed by atoms with Crippen LogP contribution in [-0.4, -0.2) is 49.6 Å². The number of nitrogens with two attached hydrogens (primary N) is 1. The van der Waals surface area contributed by atoms with Crippen molar-refractivity contribution >= 4 is 17.5 Å². The number of ketones is 2. The minimum atomic E-state index is -2.46. The normalized spacial score (nSPS) is 35.3. The van der Waals surface area contributed by atoms with Crippen LogP contribution < -0.4 is 5.73 Å². The van der Waals surface area contributed by atoms with Crippen molar-refractivity contribution in [3.05, 3.63) is 40.7 Å². The Kier molecular flexibility index (Phi) is 3.70. The third-order valence-corrected chi connectivity index (χ3v) is 6.13. The van der Waals surface area contributed by atoms with Crippen LogP contribution >= 0.6 is 0 Å². The number of primary amides is 1. The first kappa shape index (κ1) is 17.7. The lowest BCUT2D eigenvalue weighted by molar-refractivity contribution is -0.163. The van der Waals surface area contributed by atoms with E-state index < -0.39 is 59.1 Å². The largest absolute Gasteiger partial charge is 0.508 e. The lowest BCUT2D eigenvalue weighted by Gasteiger charge is -2.50. The number of allylic oxidation sites excluding steroid dienone is 1. The highest BCUT2D eigenvalue weighted by Crippen LogP contribution is 2.53. The molecule has 0 heterocycles. The molecule has 6 N–H and O–H groups in total. The van der Waals surface area contributed by atoms with E-state index >= 15 is 0 Å². The molecule has 1 amide bonds. The Balaban J connectivity index is 1.99. The highest BCUT2D eigenvalue weighted by atomic mass is 16.3. The fourth-order valence-corrected chi connectivity index (χ4v) is 4.97. The molecule has 3 aliphatic rings. The molecule has 0 aliphatic heterocycles. The van der Waals surface area contributed by atoms with Crippen LogP contribution in [0.15, 0.2) is 29.5 Å². The fraction of sp³-hybridized carbons (Fsp3) is 0.421. The van der Waals surface area contributed by atoms with Crippen molar-refractivity contribution in [3.63, 3.8) is 0 Å². The van der Waals surface area contributed by atoms with Gasteiger partial charge in [-0.3, -0.25) is 14.4 Å². The molecular formula is C19H19NO7. The Bertz CT molecular complexity index is 921. The highest BCUT2D eigenvalue weighted by molar-refractivity contribution is 6.14. The molecule has 0 saturated heterocycles. The number of phenolic OH excluding ortho intramolecular Hbond substituents is 1. The Morgan fingerprint density at radius 3 is 2.56 bits per heavy atom. The van der Waals surface area contributed by atoms with E-state index in [4.69, 9.17) is 5.73 Å². The predicted molar refractivity (Wildman–Crippen MR) is 90.7 cm³/mol. The fourth-order valence-electron chi connectivity index (χ4n) is 4.97. The van der Waals surface area contributed by atoms with Gasteiger partial charge < -0.3 is 26.2 Å². The molecule has 1 fully saturated rings. The van der Waals surface area contributed by atoms with Gasteiger partial charge >= 0.3 is 0 Å². The predicted octanol–water partition coefficient (Wildman–Crippen LogP) is -0.255. The topological polar surface area (TPSA) is 158 Å². The Hall–Kier alpha value is -2.71. The number of amides is 1. The number of hydrogen-bond donors (Lipinski definition) is 5. The summed E-state index contributed by atoms with van der Waals surface area (Å²) in [6.45, 7) is 0. The number of aromatic hydroxyl groups is 1. The molecule has 5 atom stereocenters. The van der Waals surface area contributed by atoms with Crippen LogP contribution in [0.3, 0.4) is 0 Å². The molecule has 0 spiro atoms. The maximum Gasteiger partial charge on any atom is 0.221 e. The molecule has 0 bridgehead atoms. The second-order valence-corrected chi connectivity index (χ2v) is 7.53. The van der Waals surface area contributed by atoms with Gasteiger partial charge in [0.05, 0.1) is 17.6 Å². The van der Waals surface area contributed by atoms with Gasteiger partial charge in [0.2, 0.25) is 5.91 Å². The van der Waals surface area contributed by atoms with Crippen molar-refractivity contribution in [1.82, 2.24) is 0 Å². The quantitative estimate of drug-likeness (QED) is 0.454. The molecule has 1 aromatic rings. The van der Waals surface area contributed by atoms with Crippen molar-refractivity contribution in [3.8, 4) is 5.75 Å². The molecular weight excluding hydrogens is 354 g/mol. The number of carbonyl (C=O) groups excluding carboxylic acids is 3. The van der Waals surface area contributed by atoms with E-state index in [0.29, 0.717) is 5.56 Å². The van der Waals surface area contributed by atoms with E-state index in [9.17, 15) is 34.8 Å². The summed E-state index contributed by atoms with van der Waals surface area (Å²) in [5.74, 6) is -6.63. The van der Waals surface area contributed by atoms with E-state index in [1.807, 2.05) is 0 Å². The van der Waals surface area contributed by atoms with E-state index in [2.05, 4.69) is 0 Å². The first-order chi connectivity index (χ1) is 12.7. The Morgan fingerprint density at radius 2 is 1.89 bits per heavy atom. The van der Waals surface area contributed by atoms with Gasteiger partial charge in [0.25, 0.3) is 0 Å². The van der Waals surface area contributed by atoms with E-state index in [1.165, 1.54) is 6.07 Å². The number of Topliss-reactive ketones (excluding diaryl/α,β-unsaturated/α-hetero) is 2. The van der Waals surface area contributed by atoms with Gasteiger partial charge in [-0.25, -0.2) is 0 Å². The zero-order valence-electron chi connectivity index (χ0n) is 14.3. The highest BCUT2D eigenvalue weighted by Gasteiger charge is 2.63. The van der Waals surface area contributed by atoms with E-state index in [-0.39, 0.29) is 29.7 Å². The van der Waals surface area contributed by atoms with Crippen LogP contribution in [0.25, 0.3) is 0 Å². The molecule has 8 heteroatoms. The monoisotopic (exact) mass is 373 g/mol. The number of aliphatic hydroxyl groups is 3. The van der Waals surface area contributed by atoms with Crippen molar-refractivity contribution in [2.24, 2.45) is 23.5 Å². The number of benzene rings is 1. The lowest BCUT2D eigenvalue weighted by atomic mass is 9.55. The summed E-state index contributed by atoms with van der Waals surface area (Å²) in [4.78, 5) is 37.8. The van der Waals surface area contributed by atoms with Gasteiger partial charge in [-0.1, -0.05) is 12.1 Å². The van der Waals surface area contributed by atoms with Gasteiger partial charge in [0.15, 0.2) is 17.2 Å². The van der Waals surface area contributed by atoms with Crippen LogP contribution in [0.4, 0.5) is 0 Å². The molecule has 4 rings (SSSR count). The smallest absolute Gasteiger partial charge is 0.221 e. The van der Waals surface area contributed by atoms with E-state index in [0.717, 1.165) is 0 Å². The molecule has 5 unspecified atom stereocenters. The summed E-state index contributed by atoms with van der Waals surface area (Å²) in [6, 6.07) is 4.51. The average molecular weight is 373 g/mol. The van der Waals surface area contributed by atoms with Gasteiger partial charge in [0.1, 0.15) is 11.5 Å². The minimum Gasteiger partial charge on any atom is -0.508 e. The SMILES string of the molecule is NC(=O)C1C2Cc3cccc(O)c3C(=O)C2=C(O)C2(O)C(=O)CC(O)CC12. The van der Waals surface area contributed by atoms with Crippen LogP contribution in [0.2, 0.25) is 0 Å². The molecule has 142 valence electrons. The Labute approximate surface area is 153 Å². The summed E-state index contributed by atoms with van der Waals surface area (Å²) >= 11 is 0. The van der Waals surface area contributed by atoms with Gasteiger partial charge in [-0.15, -0.1) is 0 Å². The first-order valence-corrected chi connectivity index (χ1v) is 8.70. The molecule has 27 heavy (non-hydrogen) atoms. The van der Waals surface area contributed by atoms with Gasteiger partial charge in [-0.05, 0) is 24.5 Å². The first-order valence-electron chi connectivity index (χ1n) is 8.70. The average Bonchev–Trinajstić information content (AvgIpc) is 2.57. The maximum absolute atomic E-state index is 13.0. The number of rotatable bonds is 1. The van der Waals surface area contributed by atoms with Crippen molar-refractivity contribution < 1.29 is 34.8 Å². The minimum absolute atomic E-state index is 0.0242. The van der Waals surface area contributed by atoms with Crippen molar-refractivity contribution in [1.29, 1.82) is 0 Å². The third kappa shape index (κ3) is 2.20. The van der Waals surface area contributed by atoms with Crippen LogP contribution in [0, 0.1) is 17.8 Å². The second-order valence-electron chi connectivity index (χ2n) is 7.53. The Morgan fingerprint density at radius 1 is 1.19 bits per heavy atom. The maximum atomic E-state index is 13.0. The molecule has 0 aromatic heterocycles. The number of fused-ring (bicyclic) bond motifs is 3. The molecule has 1 aromatic carbocycles. The standard InChI is InChI=1S/C19H19NO7/c20-18(26)14-9-4-7-2-1-3-11(22)13(7)16(24)15(9)17(25)19(27)10(14)5-8(21)6-12(19)23/h1-3,8-10,14,21-22,25,27H,4-6H2,(H2,20,26). The number of carbonyl (C=O) groups is 3. The lowest BCUT2D eigenvalue weighted by Crippen LogP contribution is -2.63. The van der Waals surface area contributed by atoms with Gasteiger partial charge in [0, 0.05) is 23.8 Å². The van der Waals surface area contributed by atoms with Crippen molar-refractivity contribution in [2.45, 2.75) is 31.0 Å². The summed E-state index contributed by atoms with van der Waals surface area (Å²) in [5, 5.41) is 41.9. The summed E-state index contributed by atoms with van der Waals surface area (Å²) in [6.07, 6.45) is -1.46. The van der Waals surface area contributed by atoms with Gasteiger partial charge in [-0.2, -0.15) is 0 Å². The number of hydrogen-bond acceptors (Lipinski definition) is 7. The van der Waals surface area contributed by atoms with Crippen molar-refractivity contribution in [2.75, 3.05) is 0 Å². The summed E-state index contributed by atoms with van der Waals surface area (Å²) in [7, 11) is 0. The molecule has 1 saturated carbocycles. The summed E-state index contributed by atoms with van der Waals surface area (Å²) in [5.41, 5.74) is 3.30. The zero-order valence-corrected chi connectivity index (χ0v) is 14.3. The second kappa shape index (κ2) is 5.64. The van der Waals surface area contributed by atoms with Crippen LogP contribution in [-0.2, 0) is 16.0 Å². The van der Waals surface area contributed by atoms with Crippen LogP contribution in [0.5, 0.6) is 5.75 Å². The number of aliphatic hydroxyl groups excluding tert-OH is 2. The number of phenols is 1. The molecule has 8 nitrogen and oxygen atoms in total. The molecule has 3 aliphatic carbocycles. The molecule has 0 radical (unpaired) electrons. The zero-order chi connectivity index (χ0) is 19.7. The summed E-state index contributed by atoms with van der Waals surface area (Å²) < 4.78 is 0. The van der Waals surface area contributed by atoms with Crippen LogP contribution in [0.1, 0.15) is 28.8 Å².